The third-order valence-corrected chi connectivity index (χ3v) is 3.89. The minimum Gasteiger partial charge on any atom is -0.345 e. The van der Waals surface area contributed by atoms with Crippen molar-refractivity contribution in [1.29, 1.82) is 0 Å². The van der Waals surface area contributed by atoms with Crippen molar-refractivity contribution >= 4 is 21.8 Å². The van der Waals surface area contributed by atoms with Crippen LogP contribution in [0.1, 0.15) is 34.5 Å². The van der Waals surface area contributed by atoms with Gasteiger partial charge in [-0.15, -0.1) is 0 Å². The molecule has 3 nitrogen and oxygen atoms in total. The summed E-state index contributed by atoms with van der Waals surface area (Å²) in [6.45, 7) is 2.45. The molecule has 104 valence electrons. The van der Waals surface area contributed by atoms with Gasteiger partial charge in [0.15, 0.2) is 0 Å². The molecule has 2 rings (SSSR count). The highest BCUT2D eigenvalue weighted by atomic mass is 79.9. The van der Waals surface area contributed by atoms with E-state index >= 15 is 0 Å². The lowest BCUT2D eigenvalue weighted by Crippen LogP contribution is -2.26. The lowest BCUT2D eigenvalue weighted by molar-refractivity contribution is 0.0940. The molecule has 0 aliphatic rings. The van der Waals surface area contributed by atoms with Gasteiger partial charge in [-0.3, -0.25) is 4.79 Å². The molecule has 0 aliphatic heterocycles. The summed E-state index contributed by atoms with van der Waals surface area (Å²) < 4.78 is 0.992. The summed E-state index contributed by atoms with van der Waals surface area (Å²) in [7, 11) is 0. The minimum absolute atomic E-state index is 0.0627. The topological polar surface area (TPSA) is 55.1 Å². The third-order valence-electron chi connectivity index (χ3n) is 3.17. The molecule has 4 heteroatoms. The lowest BCUT2D eigenvalue weighted by atomic mass is 10.1. The first-order valence-electron chi connectivity index (χ1n) is 6.46. The average Bonchev–Trinajstić information content (AvgIpc) is 2.47. The summed E-state index contributed by atoms with van der Waals surface area (Å²) in [5.41, 5.74) is 8.25. The number of hydrogen-bond acceptors (Lipinski definition) is 2. The van der Waals surface area contributed by atoms with Crippen LogP contribution in [0.2, 0.25) is 0 Å². The molecule has 1 unspecified atom stereocenters. The quantitative estimate of drug-likeness (QED) is 0.901. The van der Waals surface area contributed by atoms with Crippen LogP contribution in [0.5, 0.6) is 0 Å². The number of benzene rings is 2. The monoisotopic (exact) mass is 332 g/mol. The predicted molar refractivity (Wildman–Crippen MR) is 84.4 cm³/mol. The number of halogens is 1. The van der Waals surface area contributed by atoms with E-state index in [1.807, 2.05) is 43.3 Å². The molecule has 0 radical (unpaired) electrons. The Morgan fingerprint density at radius 2 is 1.85 bits per heavy atom. The summed E-state index contributed by atoms with van der Waals surface area (Å²) in [5, 5.41) is 2.99. The first-order valence-corrected chi connectivity index (χ1v) is 7.25. The van der Waals surface area contributed by atoms with Crippen molar-refractivity contribution in [3.63, 3.8) is 0 Å². The number of nitrogens with two attached hydrogens (primary N) is 1. The summed E-state index contributed by atoms with van der Waals surface area (Å²) in [5.74, 6) is -0.0863. The Bertz CT molecular complexity index is 596. The predicted octanol–water partition coefficient (Wildman–Crippen LogP) is 3.40. The Morgan fingerprint density at radius 1 is 1.20 bits per heavy atom. The molecule has 2 aromatic rings. The van der Waals surface area contributed by atoms with Gasteiger partial charge in [-0.25, -0.2) is 0 Å². The van der Waals surface area contributed by atoms with E-state index in [0.717, 1.165) is 15.6 Å². The van der Waals surface area contributed by atoms with Crippen molar-refractivity contribution in [2.75, 3.05) is 0 Å². The second-order valence-corrected chi connectivity index (χ2v) is 5.47. The van der Waals surface area contributed by atoms with Gasteiger partial charge >= 0.3 is 0 Å². The maximum atomic E-state index is 12.2. The first kappa shape index (κ1) is 14.8. The van der Waals surface area contributed by atoms with E-state index < -0.39 is 0 Å². The zero-order valence-corrected chi connectivity index (χ0v) is 12.9. The molecule has 0 saturated heterocycles. The summed E-state index contributed by atoms with van der Waals surface area (Å²) in [6, 6.07) is 15.1. The molecule has 1 amide bonds. The van der Waals surface area contributed by atoms with E-state index in [0.29, 0.717) is 12.1 Å². The van der Waals surface area contributed by atoms with Crippen LogP contribution in [0.4, 0.5) is 0 Å². The summed E-state index contributed by atoms with van der Waals surface area (Å²) in [4.78, 5) is 12.2. The van der Waals surface area contributed by atoms with Crippen LogP contribution in [0.15, 0.2) is 53.0 Å². The van der Waals surface area contributed by atoms with E-state index in [9.17, 15) is 4.79 Å². The Kier molecular flexibility index (Phi) is 4.93. The minimum atomic E-state index is -0.0863. The van der Waals surface area contributed by atoms with Gasteiger partial charge in [-0.05, 0) is 36.2 Å². The first-order chi connectivity index (χ1) is 9.61. The van der Waals surface area contributed by atoms with E-state index in [1.165, 1.54) is 0 Å². The number of carbonyl (C=O) groups is 1. The molecule has 0 fully saturated rings. The number of rotatable bonds is 4. The van der Waals surface area contributed by atoms with Crippen LogP contribution < -0.4 is 11.1 Å². The molecular formula is C16H17BrN2O. The molecule has 2 aromatic carbocycles. The number of carbonyl (C=O) groups excluding carboxylic acids is 1. The van der Waals surface area contributed by atoms with Crippen LogP contribution >= 0.6 is 15.9 Å². The van der Waals surface area contributed by atoms with Gasteiger partial charge in [0.2, 0.25) is 0 Å². The second kappa shape index (κ2) is 6.68. The van der Waals surface area contributed by atoms with Crippen molar-refractivity contribution in [1.82, 2.24) is 5.32 Å². The highest BCUT2D eigenvalue weighted by Crippen LogP contribution is 2.23. The van der Waals surface area contributed by atoms with Gasteiger partial charge in [0.1, 0.15) is 0 Å². The van der Waals surface area contributed by atoms with Crippen molar-refractivity contribution in [3.8, 4) is 0 Å². The molecule has 1 atom stereocenters. The lowest BCUT2D eigenvalue weighted by Gasteiger charge is -2.16. The van der Waals surface area contributed by atoms with Crippen LogP contribution in [-0.4, -0.2) is 5.91 Å². The summed E-state index contributed by atoms with van der Waals surface area (Å²) in [6.07, 6.45) is 0. The molecule has 0 bridgehead atoms. The van der Waals surface area contributed by atoms with Gasteiger partial charge in [-0.1, -0.05) is 46.3 Å². The van der Waals surface area contributed by atoms with E-state index in [-0.39, 0.29) is 11.9 Å². The van der Waals surface area contributed by atoms with Crippen LogP contribution in [0.25, 0.3) is 0 Å². The van der Waals surface area contributed by atoms with Gasteiger partial charge in [0.05, 0.1) is 6.04 Å². The number of amides is 1. The highest BCUT2D eigenvalue weighted by molar-refractivity contribution is 9.10. The zero-order valence-electron chi connectivity index (χ0n) is 11.3. The molecule has 0 saturated carbocycles. The summed E-state index contributed by atoms with van der Waals surface area (Å²) >= 11 is 3.50. The fourth-order valence-electron chi connectivity index (χ4n) is 1.98. The second-order valence-electron chi connectivity index (χ2n) is 4.62. The van der Waals surface area contributed by atoms with Crippen LogP contribution in [0, 0.1) is 0 Å². The Labute approximate surface area is 127 Å². The highest BCUT2D eigenvalue weighted by Gasteiger charge is 2.13. The molecule has 0 spiro atoms. The van der Waals surface area contributed by atoms with Crippen molar-refractivity contribution in [3.05, 3.63) is 69.7 Å². The van der Waals surface area contributed by atoms with Gasteiger partial charge in [0.25, 0.3) is 5.91 Å². The van der Waals surface area contributed by atoms with Gasteiger partial charge < -0.3 is 11.1 Å². The SMILES string of the molecule is CC(NC(=O)c1ccc(CN)cc1)c1ccccc1Br. The molecule has 0 aliphatic carbocycles. The standard InChI is InChI=1S/C16H17BrN2O/c1-11(14-4-2-3-5-15(14)17)19-16(20)13-8-6-12(10-18)7-9-13/h2-9,11H,10,18H2,1H3,(H,19,20). The van der Waals surface area contributed by atoms with E-state index in [1.54, 1.807) is 12.1 Å². The van der Waals surface area contributed by atoms with Gasteiger partial charge in [0, 0.05) is 16.6 Å². The van der Waals surface area contributed by atoms with E-state index in [4.69, 9.17) is 5.73 Å². The normalized spacial score (nSPS) is 11.9. The smallest absolute Gasteiger partial charge is 0.251 e. The average molecular weight is 333 g/mol. The third kappa shape index (κ3) is 3.46. The number of hydrogen-bond donors (Lipinski definition) is 2. The molecular weight excluding hydrogens is 316 g/mol. The molecule has 0 heterocycles. The molecule has 20 heavy (non-hydrogen) atoms. The Morgan fingerprint density at radius 3 is 2.45 bits per heavy atom. The molecule has 0 aromatic heterocycles. The van der Waals surface area contributed by atoms with E-state index in [2.05, 4.69) is 21.2 Å². The van der Waals surface area contributed by atoms with Crippen molar-refractivity contribution < 1.29 is 4.79 Å². The van der Waals surface area contributed by atoms with Gasteiger partial charge in [-0.2, -0.15) is 0 Å². The number of nitrogens with one attached hydrogen (secondary N) is 1. The Balaban J connectivity index is 2.09. The maximum Gasteiger partial charge on any atom is 0.251 e. The van der Waals surface area contributed by atoms with Crippen LogP contribution in [-0.2, 0) is 6.54 Å². The largest absolute Gasteiger partial charge is 0.345 e. The van der Waals surface area contributed by atoms with Crippen molar-refractivity contribution in [2.24, 2.45) is 5.73 Å². The molecule has 3 N–H and O–H groups in total. The Hall–Kier alpha value is -1.65. The maximum absolute atomic E-state index is 12.2. The van der Waals surface area contributed by atoms with Crippen molar-refractivity contribution in [2.45, 2.75) is 19.5 Å². The fourth-order valence-corrected chi connectivity index (χ4v) is 2.60. The fraction of sp³-hybridized carbons (Fsp3) is 0.188. The van der Waals surface area contributed by atoms with Crippen LogP contribution in [0.3, 0.4) is 0 Å². The zero-order chi connectivity index (χ0) is 14.5.